The average molecular weight is 439 g/mol. The summed E-state index contributed by atoms with van der Waals surface area (Å²) in [6, 6.07) is 7.57. The SMILES string of the molecule is CS(=O)(=O)c1nc(OC2CN(C(=O)O)C2)cc(-n2c(C(F)F)nc3ccccc32)n1. The van der Waals surface area contributed by atoms with Crippen LogP contribution >= 0.6 is 0 Å². The van der Waals surface area contributed by atoms with E-state index in [1.165, 1.54) is 6.07 Å². The Labute approximate surface area is 168 Å². The molecule has 1 aromatic carbocycles. The maximum absolute atomic E-state index is 13.6. The van der Waals surface area contributed by atoms with Crippen molar-refractivity contribution < 1.29 is 31.8 Å². The van der Waals surface area contributed by atoms with Gasteiger partial charge in [0.1, 0.15) is 11.9 Å². The van der Waals surface area contributed by atoms with Gasteiger partial charge in [-0.1, -0.05) is 12.1 Å². The van der Waals surface area contributed by atoms with Gasteiger partial charge < -0.3 is 14.7 Å². The molecule has 0 radical (unpaired) electrons. The molecule has 13 heteroatoms. The highest BCUT2D eigenvalue weighted by molar-refractivity contribution is 7.90. The van der Waals surface area contributed by atoms with Crippen LogP contribution in [0.25, 0.3) is 16.9 Å². The maximum atomic E-state index is 13.6. The third-order valence-electron chi connectivity index (χ3n) is 4.42. The zero-order chi connectivity index (χ0) is 21.6. The molecule has 10 nitrogen and oxygen atoms in total. The number of likely N-dealkylation sites (tertiary alicyclic amines) is 1. The number of carbonyl (C=O) groups is 1. The van der Waals surface area contributed by atoms with Crippen molar-refractivity contribution in [3.63, 3.8) is 0 Å². The number of halogens is 2. The first kappa shape index (κ1) is 19.9. The van der Waals surface area contributed by atoms with E-state index in [4.69, 9.17) is 9.84 Å². The van der Waals surface area contributed by atoms with E-state index in [1.807, 2.05) is 0 Å². The number of imidazole rings is 1. The van der Waals surface area contributed by atoms with Crippen molar-refractivity contribution >= 4 is 27.0 Å². The summed E-state index contributed by atoms with van der Waals surface area (Å²) >= 11 is 0. The minimum absolute atomic E-state index is 0.0686. The fraction of sp³-hybridized carbons (Fsp3) is 0.294. The molecule has 0 aliphatic carbocycles. The topological polar surface area (TPSA) is 128 Å². The minimum atomic E-state index is -3.90. The highest BCUT2D eigenvalue weighted by Crippen LogP contribution is 2.29. The Hall–Kier alpha value is -3.35. The average Bonchev–Trinajstić information content (AvgIpc) is 3.03. The number of hydrogen-bond donors (Lipinski definition) is 1. The number of rotatable bonds is 5. The molecule has 1 fully saturated rings. The van der Waals surface area contributed by atoms with Gasteiger partial charge in [-0.3, -0.25) is 4.57 Å². The summed E-state index contributed by atoms with van der Waals surface area (Å²) in [5, 5.41) is 8.30. The summed E-state index contributed by atoms with van der Waals surface area (Å²) in [6.07, 6.45) is -3.73. The Morgan fingerprint density at radius 1 is 1.23 bits per heavy atom. The molecule has 0 unspecified atom stereocenters. The van der Waals surface area contributed by atoms with Gasteiger partial charge in [0, 0.05) is 12.3 Å². The second-order valence-corrected chi connectivity index (χ2v) is 8.55. The van der Waals surface area contributed by atoms with Crippen LogP contribution in [0.2, 0.25) is 0 Å². The van der Waals surface area contributed by atoms with Crippen molar-refractivity contribution in [1.82, 2.24) is 24.4 Å². The van der Waals surface area contributed by atoms with Crippen molar-refractivity contribution in [2.45, 2.75) is 17.7 Å². The molecule has 1 aliphatic heterocycles. The molecule has 0 bridgehead atoms. The Bertz CT molecular complexity index is 1240. The first-order chi connectivity index (χ1) is 14.1. The van der Waals surface area contributed by atoms with Crippen molar-refractivity contribution in [2.75, 3.05) is 19.3 Å². The van der Waals surface area contributed by atoms with E-state index in [0.29, 0.717) is 5.52 Å². The van der Waals surface area contributed by atoms with Gasteiger partial charge in [0.2, 0.25) is 15.7 Å². The van der Waals surface area contributed by atoms with E-state index in [1.54, 1.807) is 24.3 Å². The molecule has 4 rings (SSSR count). The first-order valence-electron chi connectivity index (χ1n) is 8.63. The van der Waals surface area contributed by atoms with Gasteiger partial charge in [-0.25, -0.2) is 27.0 Å². The summed E-state index contributed by atoms with van der Waals surface area (Å²) in [6.45, 7) is 0.137. The van der Waals surface area contributed by atoms with Crippen LogP contribution in [0.1, 0.15) is 12.2 Å². The third-order valence-corrected chi connectivity index (χ3v) is 5.26. The monoisotopic (exact) mass is 439 g/mol. The summed E-state index contributed by atoms with van der Waals surface area (Å²) < 4.78 is 58.0. The van der Waals surface area contributed by atoms with Crippen molar-refractivity contribution in [3.8, 4) is 11.7 Å². The first-order valence-corrected chi connectivity index (χ1v) is 10.5. The second kappa shape index (κ2) is 7.16. The highest BCUT2D eigenvalue weighted by atomic mass is 32.2. The molecular weight excluding hydrogens is 424 g/mol. The Morgan fingerprint density at radius 3 is 2.57 bits per heavy atom. The van der Waals surface area contributed by atoms with Crippen LogP contribution in [0.3, 0.4) is 0 Å². The molecule has 1 amide bonds. The number of alkyl halides is 2. The number of fused-ring (bicyclic) bond motifs is 1. The van der Waals surface area contributed by atoms with Gasteiger partial charge in [-0.15, -0.1) is 0 Å². The molecule has 0 saturated carbocycles. The smallest absolute Gasteiger partial charge is 0.407 e. The molecule has 1 aliphatic rings. The highest BCUT2D eigenvalue weighted by Gasteiger charge is 2.33. The maximum Gasteiger partial charge on any atom is 0.407 e. The Morgan fingerprint density at radius 2 is 1.93 bits per heavy atom. The lowest BCUT2D eigenvalue weighted by Crippen LogP contribution is -2.55. The Balaban J connectivity index is 1.82. The van der Waals surface area contributed by atoms with E-state index in [9.17, 15) is 22.0 Å². The van der Waals surface area contributed by atoms with Crippen LogP contribution < -0.4 is 4.74 Å². The molecule has 158 valence electrons. The molecular formula is C17H15F2N5O5S. The summed E-state index contributed by atoms with van der Waals surface area (Å²) in [5.74, 6) is -0.937. The van der Waals surface area contributed by atoms with Crippen molar-refractivity contribution in [1.29, 1.82) is 0 Å². The van der Waals surface area contributed by atoms with Crippen LogP contribution in [-0.2, 0) is 9.84 Å². The molecule has 0 spiro atoms. The summed E-state index contributed by atoms with van der Waals surface area (Å²) in [7, 11) is -3.90. The van der Waals surface area contributed by atoms with Crippen LogP contribution in [0.4, 0.5) is 13.6 Å². The van der Waals surface area contributed by atoms with Gasteiger partial charge >= 0.3 is 6.09 Å². The number of aromatic nitrogens is 4. The minimum Gasteiger partial charge on any atom is -0.470 e. The number of sulfone groups is 1. The number of para-hydroxylation sites is 2. The number of carboxylic acid groups (broad SMARTS) is 1. The third kappa shape index (κ3) is 3.63. The fourth-order valence-corrected chi connectivity index (χ4v) is 3.52. The van der Waals surface area contributed by atoms with E-state index < -0.39 is 39.4 Å². The zero-order valence-electron chi connectivity index (χ0n) is 15.4. The zero-order valence-corrected chi connectivity index (χ0v) is 16.3. The lowest BCUT2D eigenvalue weighted by Gasteiger charge is -2.36. The van der Waals surface area contributed by atoms with Gasteiger partial charge in [-0.05, 0) is 12.1 Å². The van der Waals surface area contributed by atoms with E-state index in [0.717, 1.165) is 15.7 Å². The fourth-order valence-electron chi connectivity index (χ4n) is 3.00. The number of benzene rings is 1. The van der Waals surface area contributed by atoms with Crippen molar-refractivity contribution in [2.24, 2.45) is 0 Å². The lowest BCUT2D eigenvalue weighted by molar-refractivity contribution is 0.0223. The number of amides is 1. The largest absolute Gasteiger partial charge is 0.470 e. The predicted molar refractivity (Wildman–Crippen MR) is 98.7 cm³/mol. The summed E-state index contributed by atoms with van der Waals surface area (Å²) in [5.41, 5.74) is 0.587. The van der Waals surface area contributed by atoms with E-state index in [-0.39, 0.29) is 30.3 Å². The van der Waals surface area contributed by atoms with Crippen LogP contribution in [0.15, 0.2) is 35.5 Å². The van der Waals surface area contributed by atoms with Gasteiger partial charge in [0.05, 0.1) is 24.1 Å². The lowest BCUT2D eigenvalue weighted by atomic mass is 10.2. The second-order valence-electron chi connectivity index (χ2n) is 6.64. The number of ether oxygens (including phenoxy) is 1. The normalized spacial score (nSPS) is 14.9. The molecule has 3 aromatic rings. The van der Waals surface area contributed by atoms with Gasteiger partial charge in [0.25, 0.3) is 11.6 Å². The Kier molecular flexibility index (Phi) is 4.76. The molecule has 0 atom stereocenters. The standard InChI is InChI=1S/C17H15F2N5O5S/c1-30(27,28)16-21-12(6-13(22-16)29-9-7-23(8-9)17(25)26)24-11-5-3-2-4-10(11)20-15(24)14(18)19/h2-6,9,14H,7-8H2,1H3,(H,25,26). The molecule has 1 N–H and O–H groups in total. The van der Waals surface area contributed by atoms with Gasteiger partial charge in [0.15, 0.2) is 5.82 Å². The molecule has 2 aromatic heterocycles. The summed E-state index contributed by atoms with van der Waals surface area (Å²) in [4.78, 5) is 23.7. The van der Waals surface area contributed by atoms with E-state index >= 15 is 0 Å². The van der Waals surface area contributed by atoms with Crippen LogP contribution in [0.5, 0.6) is 5.88 Å². The molecule has 1 saturated heterocycles. The number of hydrogen-bond acceptors (Lipinski definition) is 7. The predicted octanol–water partition coefficient (Wildman–Crippen LogP) is 1.90. The molecule has 3 heterocycles. The van der Waals surface area contributed by atoms with Crippen LogP contribution in [0, 0.1) is 0 Å². The molecule has 30 heavy (non-hydrogen) atoms. The van der Waals surface area contributed by atoms with E-state index in [2.05, 4.69) is 15.0 Å². The van der Waals surface area contributed by atoms with Gasteiger partial charge in [-0.2, -0.15) is 9.97 Å². The quantitative estimate of drug-likeness (QED) is 0.597. The van der Waals surface area contributed by atoms with Crippen LogP contribution in [-0.4, -0.2) is 69.5 Å². The number of nitrogens with zero attached hydrogens (tertiary/aromatic N) is 5. The van der Waals surface area contributed by atoms with Crippen molar-refractivity contribution in [3.05, 3.63) is 36.2 Å².